The minimum Gasteiger partial charge on any atom is -0.374 e. The third-order valence-corrected chi connectivity index (χ3v) is 1.67. The summed E-state index contributed by atoms with van der Waals surface area (Å²) in [5, 5.41) is 0. The molecule has 13 heavy (non-hydrogen) atoms. The van der Waals surface area contributed by atoms with Crippen LogP contribution < -0.4 is 0 Å². The van der Waals surface area contributed by atoms with Crippen LogP contribution in [0.1, 0.15) is 26.2 Å². The molecule has 0 aliphatic rings. The van der Waals surface area contributed by atoms with Gasteiger partial charge in [-0.2, -0.15) is 13.2 Å². The van der Waals surface area contributed by atoms with Gasteiger partial charge < -0.3 is 4.74 Å². The van der Waals surface area contributed by atoms with Crippen LogP contribution in [0.2, 0.25) is 0 Å². The Bertz CT molecular complexity index is 161. The number of halogens is 3. The van der Waals surface area contributed by atoms with Gasteiger partial charge in [-0.25, -0.2) is 0 Å². The number of hydrogen-bond acceptors (Lipinski definition) is 2. The zero-order chi connectivity index (χ0) is 10.5. The van der Waals surface area contributed by atoms with Crippen LogP contribution in [0.15, 0.2) is 0 Å². The van der Waals surface area contributed by atoms with Crippen LogP contribution in [-0.4, -0.2) is 25.2 Å². The molecule has 0 rings (SSSR count). The average molecular weight is 198 g/mol. The summed E-state index contributed by atoms with van der Waals surface area (Å²) in [5.41, 5.74) is 0. The first-order valence-electron chi connectivity index (χ1n) is 4.03. The Morgan fingerprint density at radius 3 is 2.31 bits per heavy atom. The van der Waals surface area contributed by atoms with Crippen LogP contribution in [-0.2, 0) is 9.53 Å². The van der Waals surface area contributed by atoms with Gasteiger partial charge in [0.15, 0.2) is 5.78 Å². The third kappa shape index (κ3) is 5.63. The van der Waals surface area contributed by atoms with Gasteiger partial charge in [0.1, 0.15) is 6.10 Å². The van der Waals surface area contributed by atoms with Crippen molar-refractivity contribution < 1.29 is 22.7 Å². The van der Waals surface area contributed by atoms with Crippen molar-refractivity contribution in [2.24, 2.45) is 0 Å². The number of methoxy groups -OCH3 is 1. The number of hydrogen-bond donors (Lipinski definition) is 0. The molecule has 0 aliphatic heterocycles. The number of carbonyl (C=O) groups excluding carboxylic acids is 1. The first kappa shape index (κ1) is 12.4. The highest BCUT2D eigenvalue weighted by atomic mass is 19.4. The lowest BCUT2D eigenvalue weighted by Gasteiger charge is -2.12. The standard InChI is InChI=1S/C8H13F3O2/c1-3-7(13-2)6(12)4-5-8(9,10)11/h7H,3-5H2,1-2H3. The summed E-state index contributed by atoms with van der Waals surface area (Å²) in [6, 6.07) is 0. The molecule has 0 amide bonds. The van der Waals surface area contributed by atoms with Gasteiger partial charge in [0.2, 0.25) is 0 Å². The Balaban J connectivity index is 3.86. The molecule has 2 nitrogen and oxygen atoms in total. The monoisotopic (exact) mass is 198 g/mol. The quantitative estimate of drug-likeness (QED) is 0.677. The van der Waals surface area contributed by atoms with E-state index in [9.17, 15) is 18.0 Å². The second kappa shape index (κ2) is 5.21. The van der Waals surface area contributed by atoms with Gasteiger partial charge >= 0.3 is 6.18 Å². The van der Waals surface area contributed by atoms with Gasteiger partial charge in [-0.3, -0.25) is 4.79 Å². The molecule has 0 saturated heterocycles. The van der Waals surface area contributed by atoms with Crippen LogP contribution in [0.25, 0.3) is 0 Å². The maximum Gasteiger partial charge on any atom is 0.389 e. The summed E-state index contributed by atoms with van der Waals surface area (Å²) in [6.45, 7) is 1.69. The fourth-order valence-corrected chi connectivity index (χ4v) is 0.952. The average Bonchev–Trinajstić information content (AvgIpc) is 2.02. The van der Waals surface area contributed by atoms with Gasteiger partial charge in [0.25, 0.3) is 0 Å². The Labute approximate surface area is 75.1 Å². The largest absolute Gasteiger partial charge is 0.389 e. The van der Waals surface area contributed by atoms with Crippen molar-refractivity contribution in [1.29, 1.82) is 0 Å². The van der Waals surface area contributed by atoms with Gasteiger partial charge in [0.05, 0.1) is 6.42 Å². The molecule has 0 saturated carbocycles. The second-order valence-corrected chi connectivity index (χ2v) is 2.71. The zero-order valence-corrected chi connectivity index (χ0v) is 7.65. The van der Waals surface area contributed by atoms with Crippen LogP contribution in [0.5, 0.6) is 0 Å². The number of ketones is 1. The molecule has 0 aromatic rings. The van der Waals surface area contributed by atoms with Gasteiger partial charge in [-0.15, -0.1) is 0 Å². The number of Topliss-reactive ketones (excluding diaryl/α,β-unsaturated/α-hetero) is 1. The van der Waals surface area contributed by atoms with Crippen molar-refractivity contribution in [3.63, 3.8) is 0 Å². The highest BCUT2D eigenvalue weighted by Gasteiger charge is 2.29. The molecule has 5 heteroatoms. The minimum absolute atomic E-state index is 0.410. The maximum atomic E-state index is 11.7. The van der Waals surface area contributed by atoms with E-state index in [2.05, 4.69) is 0 Å². The van der Waals surface area contributed by atoms with Crippen molar-refractivity contribution >= 4 is 5.78 Å². The molecule has 0 heterocycles. The molecular weight excluding hydrogens is 185 g/mol. The smallest absolute Gasteiger partial charge is 0.374 e. The van der Waals surface area contributed by atoms with Crippen molar-refractivity contribution in [3.8, 4) is 0 Å². The molecule has 0 bridgehead atoms. The number of rotatable bonds is 5. The summed E-state index contributed by atoms with van der Waals surface area (Å²) < 4.78 is 39.8. The van der Waals surface area contributed by atoms with E-state index in [0.717, 1.165) is 0 Å². The van der Waals surface area contributed by atoms with E-state index in [4.69, 9.17) is 4.74 Å². The normalized spacial score (nSPS) is 14.2. The van der Waals surface area contributed by atoms with Crippen LogP contribution in [0, 0.1) is 0 Å². The Hall–Kier alpha value is -0.580. The lowest BCUT2D eigenvalue weighted by Crippen LogP contribution is -2.23. The summed E-state index contributed by atoms with van der Waals surface area (Å²) in [7, 11) is 1.32. The van der Waals surface area contributed by atoms with Crippen LogP contribution in [0.4, 0.5) is 13.2 Å². The van der Waals surface area contributed by atoms with E-state index < -0.39 is 30.9 Å². The van der Waals surface area contributed by atoms with E-state index in [1.54, 1.807) is 6.92 Å². The maximum absolute atomic E-state index is 11.7. The fraction of sp³-hybridized carbons (Fsp3) is 0.875. The molecule has 0 aliphatic carbocycles. The third-order valence-electron chi connectivity index (χ3n) is 1.67. The number of alkyl halides is 3. The SMILES string of the molecule is CCC(OC)C(=O)CCC(F)(F)F. The highest BCUT2D eigenvalue weighted by Crippen LogP contribution is 2.22. The molecule has 0 spiro atoms. The van der Waals surface area contributed by atoms with Crippen molar-refractivity contribution in [3.05, 3.63) is 0 Å². The van der Waals surface area contributed by atoms with E-state index in [-0.39, 0.29) is 0 Å². The fourth-order valence-electron chi connectivity index (χ4n) is 0.952. The van der Waals surface area contributed by atoms with Crippen molar-refractivity contribution in [2.75, 3.05) is 7.11 Å². The summed E-state index contributed by atoms with van der Waals surface area (Å²) in [4.78, 5) is 11.0. The number of ether oxygens (including phenoxy) is 1. The Morgan fingerprint density at radius 2 is 2.00 bits per heavy atom. The van der Waals surface area contributed by atoms with E-state index >= 15 is 0 Å². The lowest BCUT2D eigenvalue weighted by atomic mass is 10.1. The summed E-state index contributed by atoms with van der Waals surface area (Å²) >= 11 is 0. The van der Waals surface area contributed by atoms with E-state index in [0.29, 0.717) is 6.42 Å². The number of carbonyl (C=O) groups is 1. The van der Waals surface area contributed by atoms with Crippen LogP contribution >= 0.6 is 0 Å². The Morgan fingerprint density at radius 1 is 1.46 bits per heavy atom. The first-order chi connectivity index (χ1) is 5.90. The lowest BCUT2D eigenvalue weighted by molar-refractivity contribution is -0.147. The molecule has 0 aromatic carbocycles. The van der Waals surface area contributed by atoms with E-state index in [1.165, 1.54) is 7.11 Å². The minimum atomic E-state index is -4.26. The van der Waals surface area contributed by atoms with Crippen molar-refractivity contribution in [2.45, 2.75) is 38.5 Å². The zero-order valence-electron chi connectivity index (χ0n) is 7.65. The molecular formula is C8H13F3O2. The molecule has 0 N–H and O–H groups in total. The summed E-state index contributed by atoms with van der Waals surface area (Å²) in [5.74, 6) is -0.484. The van der Waals surface area contributed by atoms with Gasteiger partial charge in [0, 0.05) is 13.5 Å². The van der Waals surface area contributed by atoms with Crippen LogP contribution in [0.3, 0.4) is 0 Å². The Kier molecular flexibility index (Phi) is 4.98. The molecule has 1 atom stereocenters. The topological polar surface area (TPSA) is 26.3 Å². The summed E-state index contributed by atoms with van der Waals surface area (Å²) in [6.07, 6.45) is -6.10. The molecule has 1 unspecified atom stereocenters. The van der Waals surface area contributed by atoms with Gasteiger partial charge in [-0.05, 0) is 6.42 Å². The molecule has 0 fully saturated rings. The first-order valence-corrected chi connectivity index (χ1v) is 4.03. The van der Waals surface area contributed by atoms with Gasteiger partial charge in [-0.1, -0.05) is 6.92 Å². The predicted molar refractivity (Wildman–Crippen MR) is 41.4 cm³/mol. The molecule has 78 valence electrons. The molecule has 0 radical (unpaired) electrons. The molecule has 0 aromatic heterocycles. The second-order valence-electron chi connectivity index (χ2n) is 2.71. The predicted octanol–water partition coefficient (Wildman–Crippen LogP) is 2.32. The van der Waals surface area contributed by atoms with E-state index in [1.807, 2.05) is 0 Å². The van der Waals surface area contributed by atoms with Crippen molar-refractivity contribution in [1.82, 2.24) is 0 Å². The highest BCUT2D eigenvalue weighted by molar-refractivity contribution is 5.82.